The fraction of sp³-hybridized carbons (Fsp3) is 0.167. The minimum absolute atomic E-state index is 0.318. The summed E-state index contributed by atoms with van der Waals surface area (Å²) in [7, 11) is 1.50. The molecule has 158 valence electrons. The maximum absolute atomic E-state index is 13.0. The summed E-state index contributed by atoms with van der Waals surface area (Å²) in [5.41, 5.74) is 2.79. The summed E-state index contributed by atoms with van der Waals surface area (Å²) >= 11 is 0. The molecule has 0 fully saturated rings. The minimum Gasteiger partial charge on any atom is -0.493 e. The Kier molecular flexibility index (Phi) is 5.75. The largest absolute Gasteiger partial charge is 0.493 e. The number of anilines is 2. The number of nitrogens with one attached hydrogen (secondary N) is 2. The van der Waals surface area contributed by atoms with Crippen LogP contribution in [-0.2, 0) is 0 Å². The number of amides is 2. The van der Waals surface area contributed by atoms with E-state index in [9.17, 15) is 9.59 Å². The molecule has 7 heteroatoms. The molecule has 3 aromatic rings. The molecule has 31 heavy (non-hydrogen) atoms. The molecule has 3 aromatic carbocycles. The zero-order valence-electron chi connectivity index (χ0n) is 17.2. The molecule has 0 unspecified atom stereocenters. The first-order valence-electron chi connectivity index (χ1n) is 9.81. The Morgan fingerprint density at radius 1 is 0.903 bits per heavy atom. The molecular weight excluding hydrogens is 396 g/mol. The van der Waals surface area contributed by atoms with Crippen molar-refractivity contribution in [3.05, 3.63) is 77.4 Å². The topological polar surface area (TPSA) is 85.9 Å². The number of hydrogen-bond acceptors (Lipinski definition) is 5. The number of para-hydroxylation sites is 1. The third-order valence-corrected chi connectivity index (χ3v) is 4.79. The van der Waals surface area contributed by atoms with Crippen LogP contribution in [0.5, 0.6) is 17.2 Å². The predicted molar refractivity (Wildman–Crippen MR) is 118 cm³/mol. The van der Waals surface area contributed by atoms with Crippen molar-refractivity contribution in [2.24, 2.45) is 0 Å². The van der Waals surface area contributed by atoms with E-state index in [1.807, 2.05) is 31.2 Å². The molecule has 1 aliphatic heterocycles. The van der Waals surface area contributed by atoms with Gasteiger partial charge in [-0.15, -0.1) is 0 Å². The molecule has 1 aliphatic rings. The lowest BCUT2D eigenvalue weighted by molar-refractivity contribution is 0.102. The Morgan fingerprint density at radius 3 is 2.52 bits per heavy atom. The summed E-state index contributed by atoms with van der Waals surface area (Å²) < 4.78 is 16.5. The van der Waals surface area contributed by atoms with Gasteiger partial charge in [0.05, 0.1) is 18.4 Å². The summed E-state index contributed by atoms with van der Waals surface area (Å²) in [6.45, 7) is 2.76. The normalized spacial score (nSPS) is 12.1. The van der Waals surface area contributed by atoms with Gasteiger partial charge in [0, 0.05) is 11.3 Å². The lowest BCUT2D eigenvalue weighted by atomic mass is 10.1. The van der Waals surface area contributed by atoms with Crippen LogP contribution in [0.4, 0.5) is 11.4 Å². The molecule has 0 saturated carbocycles. The van der Waals surface area contributed by atoms with E-state index < -0.39 is 5.91 Å². The highest BCUT2D eigenvalue weighted by molar-refractivity contribution is 6.12. The van der Waals surface area contributed by atoms with Gasteiger partial charge in [-0.1, -0.05) is 24.3 Å². The SMILES string of the molecule is COc1cc(C(=O)Nc2ccccc2C(=O)Nc2cccc(C)c2)cc2c1OCCO2. The first kappa shape index (κ1) is 20.3. The zero-order chi connectivity index (χ0) is 21.8. The molecule has 2 N–H and O–H groups in total. The van der Waals surface area contributed by atoms with E-state index in [1.54, 1.807) is 36.4 Å². The summed E-state index contributed by atoms with van der Waals surface area (Å²) in [6, 6.07) is 17.5. The zero-order valence-corrected chi connectivity index (χ0v) is 17.2. The number of carbonyl (C=O) groups excluding carboxylic acids is 2. The van der Waals surface area contributed by atoms with Crippen molar-refractivity contribution < 1.29 is 23.8 Å². The van der Waals surface area contributed by atoms with Gasteiger partial charge in [0.25, 0.3) is 11.8 Å². The quantitative estimate of drug-likeness (QED) is 0.646. The molecule has 0 bridgehead atoms. The predicted octanol–water partition coefficient (Wildman–Crippen LogP) is 4.28. The van der Waals surface area contributed by atoms with E-state index in [0.717, 1.165) is 5.56 Å². The van der Waals surface area contributed by atoms with E-state index >= 15 is 0 Å². The van der Waals surface area contributed by atoms with Gasteiger partial charge in [-0.05, 0) is 48.9 Å². The third kappa shape index (κ3) is 4.45. The Balaban J connectivity index is 1.58. The number of fused-ring (bicyclic) bond motifs is 1. The molecule has 0 aromatic heterocycles. The number of rotatable bonds is 5. The van der Waals surface area contributed by atoms with E-state index in [2.05, 4.69) is 10.6 Å². The Bertz CT molecular complexity index is 1130. The smallest absolute Gasteiger partial charge is 0.257 e. The molecule has 7 nitrogen and oxygen atoms in total. The van der Waals surface area contributed by atoms with Gasteiger partial charge in [-0.2, -0.15) is 0 Å². The van der Waals surface area contributed by atoms with Crippen molar-refractivity contribution in [1.29, 1.82) is 0 Å². The second-order valence-electron chi connectivity index (χ2n) is 7.03. The van der Waals surface area contributed by atoms with Gasteiger partial charge in [0.1, 0.15) is 13.2 Å². The molecule has 4 rings (SSSR count). The molecular formula is C24H22N2O5. The average Bonchev–Trinajstić information content (AvgIpc) is 2.78. The highest BCUT2D eigenvalue weighted by Gasteiger charge is 2.22. The summed E-state index contributed by atoms with van der Waals surface area (Å²) in [4.78, 5) is 25.8. The number of benzene rings is 3. The van der Waals surface area contributed by atoms with Crippen molar-refractivity contribution in [3.63, 3.8) is 0 Å². The standard InChI is InChI=1S/C24H22N2O5/c1-15-6-5-7-17(12-15)25-24(28)18-8-3-4-9-19(18)26-23(27)16-13-20(29-2)22-21(14-16)30-10-11-31-22/h3-9,12-14H,10-11H2,1-2H3,(H,25,28)(H,26,27). The number of hydrogen-bond donors (Lipinski definition) is 2. The number of ether oxygens (including phenoxy) is 3. The van der Waals surface area contributed by atoms with Gasteiger partial charge in [-0.25, -0.2) is 0 Å². The average molecular weight is 418 g/mol. The van der Waals surface area contributed by atoms with Crippen LogP contribution in [-0.4, -0.2) is 32.1 Å². The Morgan fingerprint density at radius 2 is 1.71 bits per heavy atom. The fourth-order valence-corrected chi connectivity index (χ4v) is 3.31. The van der Waals surface area contributed by atoms with Crippen molar-refractivity contribution in [2.45, 2.75) is 6.92 Å². The monoisotopic (exact) mass is 418 g/mol. The van der Waals surface area contributed by atoms with Crippen molar-refractivity contribution >= 4 is 23.2 Å². The van der Waals surface area contributed by atoms with Gasteiger partial charge >= 0.3 is 0 Å². The second-order valence-corrected chi connectivity index (χ2v) is 7.03. The Hall–Kier alpha value is -4.00. The number of aryl methyl sites for hydroxylation is 1. The van der Waals surface area contributed by atoms with E-state index in [-0.39, 0.29) is 5.91 Å². The minimum atomic E-state index is -0.397. The number of carbonyl (C=O) groups is 2. The second kappa shape index (κ2) is 8.79. The van der Waals surface area contributed by atoms with Crippen LogP contribution in [0.25, 0.3) is 0 Å². The highest BCUT2D eigenvalue weighted by atomic mass is 16.6. The molecule has 0 atom stereocenters. The summed E-state index contributed by atoms with van der Waals surface area (Å²) in [5, 5.41) is 5.68. The molecule has 0 saturated heterocycles. The summed E-state index contributed by atoms with van der Waals surface area (Å²) in [6.07, 6.45) is 0. The van der Waals surface area contributed by atoms with Crippen LogP contribution in [0.15, 0.2) is 60.7 Å². The van der Waals surface area contributed by atoms with Gasteiger partial charge in [0.2, 0.25) is 5.75 Å². The lowest BCUT2D eigenvalue weighted by Gasteiger charge is -2.21. The fourth-order valence-electron chi connectivity index (χ4n) is 3.31. The van der Waals surface area contributed by atoms with E-state index in [4.69, 9.17) is 14.2 Å². The van der Waals surface area contributed by atoms with Crippen molar-refractivity contribution in [1.82, 2.24) is 0 Å². The van der Waals surface area contributed by atoms with Crippen LogP contribution in [0.2, 0.25) is 0 Å². The third-order valence-electron chi connectivity index (χ3n) is 4.79. The molecule has 1 heterocycles. The van der Waals surface area contributed by atoms with Crippen LogP contribution < -0.4 is 24.8 Å². The molecule has 0 aliphatic carbocycles. The maximum atomic E-state index is 13.0. The van der Waals surface area contributed by atoms with E-state index in [0.29, 0.717) is 53.0 Å². The van der Waals surface area contributed by atoms with Gasteiger partial charge in [0.15, 0.2) is 11.5 Å². The Labute approximate surface area is 179 Å². The van der Waals surface area contributed by atoms with Crippen LogP contribution >= 0.6 is 0 Å². The number of methoxy groups -OCH3 is 1. The van der Waals surface area contributed by atoms with Gasteiger partial charge < -0.3 is 24.8 Å². The van der Waals surface area contributed by atoms with E-state index in [1.165, 1.54) is 7.11 Å². The maximum Gasteiger partial charge on any atom is 0.257 e. The van der Waals surface area contributed by atoms with Crippen LogP contribution in [0.3, 0.4) is 0 Å². The van der Waals surface area contributed by atoms with Crippen molar-refractivity contribution in [3.8, 4) is 17.2 Å². The first-order valence-corrected chi connectivity index (χ1v) is 9.81. The lowest BCUT2D eigenvalue weighted by Crippen LogP contribution is -2.20. The van der Waals surface area contributed by atoms with Gasteiger partial charge in [-0.3, -0.25) is 9.59 Å². The van der Waals surface area contributed by atoms with Crippen LogP contribution in [0.1, 0.15) is 26.3 Å². The highest BCUT2D eigenvalue weighted by Crippen LogP contribution is 2.40. The van der Waals surface area contributed by atoms with Crippen LogP contribution in [0, 0.1) is 6.92 Å². The molecule has 2 amide bonds. The van der Waals surface area contributed by atoms with Crippen molar-refractivity contribution in [2.75, 3.05) is 31.0 Å². The molecule has 0 spiro atoms. The first-order chi connectivity index (χ1) is 15.0. The molecule has 0 radical (unpaired) electrons. The summed E-state index contributed by atoms with van der Waals surface area (Å²) in [5.74, 6) is 0.615.